The number of amides is 3. The van der Waals surface area contributed by atoms with Gasteiger partial charge in [0.15, 0.2) is 0 Å². The standard InChI is InChI=1S/C7H15N3O3/c1-13-4-2-3-5(8)6(11)10-7(9)12/h5H,2-4,8H2,1H3,(H3,9,10,11,12). The third-order valence-electron chi connectivity index (χ3n) is 1.45. The van der Waals surface area contributed by atoms with Gasteiger partial charge in [0.2, 0.25) is 5.91 Å². The first-order valence-corrected chi connectivity index (χ1v) is 3.92. The Kier molecular flexibility index (Phi) is 5.82. The van der Waals surface area contributed by atoms with Gasteiger partial charge in [-0.25, -0.2) is 4.79 Å². The van der Waals surface area contributed by atoms with Crippen molar-refractivity contribution in [3.05, 3.63) is 0 Å². The highest BCUT2D eigenvalue weighted by atomic mass is 16.5. The molecule has 0 bridgehead atoms. The Morgan fingerprint density at radius 3 is 2.62 bits per heavy atom. The normalized spacial score (nSPS) is 12.2. The number of ether oxygens (including phenoxy) is 1. The van der Waals surface area contributed by atoms with E-state index in [2.05, 4.69) is 0 Å². The zero-order valence-corrected chi connectivity index (χ0v) is 7.58. The van der Waals surface area contributed by atoms with E-state index in [1.165, 1.54) is 0 Å². The smallest absolute Gasteiger partial charge is 0.318 e. The van der Waals surface area contributed by atoms with Gasteiger partial charge in [-0.15, -0.1) is 0 Å². The van der Waals surface area contributed by atoms with Gasteiger partial charge in [-0.05, 0) is 12.8 Å². The number of hydrogen-bond donors (Lipinski definition) is 3. The summed E-state index contributed by atoms with van der Waals surface area (Å²) in [6.45, 7) is 0.539. The number of primary amides is 1. The molecule has 3 amide bonds. The molecule has 1 unspecified atom stereocenters. The molecular weight excluding hydrogens is 174 g/mol. The maximum atomic E-state index is 11.0. The molecular formula is C7H15N3O3. The summed E-state index contributed by atoms with van der Waals surface area (Å²) in [5.74, 6) is -0.552. The van der Waals surface area contributed by atoms with Crippen molar-refractivity contribution in [3.63, 3.8) is 0 Å². The number of urea groups is 1. The number of hydrogen-bond acceptors (Lipinski definition) is 4. The molecule has 0 radical (unpaired) electrons. The van der Waals surface area contributed by atoms with Gasteiger partial charge in [-0.1, -0.05) is 0 Å². The summed E-state index contributed by atoms with van der Waals surface area (Å²) < 4.78 is 4.77. The second-order valence-electron chi connectivity index (χ2n) is 2.60. The molecule has 0 aromatic carbocycles. The molecule has 0 saturated heterocycles. The van der Waals surface area contributed by atoms with E-state index in [-0.39, 0.29) is 0 Å². The Balaban J connectivity index is 3.63. The van der Waals surface area contributed by atoms with Gasteiger partial charge in [-0.3, -0.25) is 10.1 Å². The molecule has 0 aliphatic rings. The first-order chi connectivity index (χ1) is 6.07. The minimum atomic E-state index is -0.882. The van der Waals surface area contributed by atoms with Crippen molar-refractivity contribution in [1.82, 2.24) is 5.32 Å². The highest BCUT2D eigenvalue weighted by molar-refractivity contribution is 5.96. The van der Waals surface area contributed by atoms with Gasteiger partial charge in [0, 0.05) is 13.7 Å². The predicted molar refractivity (Wildman–Crippen MR) is 46.8 cm³/mol. The molecule has 76 valence electrons. The summed E-state index contributed by atoms with van der Waals surface area (Å²) in [6.07, 6.45) is 1.14. The highest BCUT2D eigenvalue weighted by Gasteiger charge is 2.13. The Hall–Kier alpha value is -1.14. The van der Waals surface area contributed by atoms with Crippen LogP contribution in [0.3, 0.4) is 0 Å². The van der Waals surface area contributed by atoms with Crippen LogP contribution in [0, 0.1) is 0 Å². The zero-order valence-electron chi connectivity index (χ0n) is 7.58. The second-order valence-corrected chi connectivity index (χ2v) is 2.60. The van der Waals surface area contributed by atoms with E-state index >= 15 is 0 Å². The van der Waals surface area contributed by atoms with Crippen LogP contribution in [0.5, 0.6) is 0 Å². The van der Waals surface area contributed by atoms with Crippen LogP contribution < -0.4 is 16.8 Å². The number of carbonyl (C=O) groups is 2. The number of nitrogens with two attached hydrogens (primary N) is 2. The van der Waals surface area contributed by atoms with Crippen LogP contribution in [0.25, 0.3) is 0 Å². The zero-order chi connectivity index (χ0) is 10.3. The molecule has 5 N–H and O–H groups in total. The van der Waals surface area contributed by atoms with Crippen LogP contribution in [0.1, 0.15) is 12.8 Å². The van der Waals surface area contributed by atoms with Crippen LogP contribution in [0.4, 0.5) is 4.79 Å². The molecule has 0 aliphatic heterocycles. The molecule has 0 fully saturated rings. The molecule has 0 rings (SSSR count). The Morgan fingerprint density at radius 2 is 2.15 bits per heavy atom. The fourth-order valence-electron chi connectivity index (χ4n) is 0.793. The van der Waals surface area contributed by atoms with Crippen LogP contribution >= 0.6 is 0 Å². The molecule has 0 aliphatic carbocycles. The minimum absolute atomic E-state index is 0.465. The Bertz CT molecular complexity index is 184. The second kappa shape index (κ2) is 6.38. The van der Waals surface area contributed by atoms with Crippen molar-refractivity contribution in [2.24, 2.45) is 11.5 Å². The monoisotopic (exact) mass is 189 g/mol. The van der Waals surface area contributed by atoms with E-state index in [1.807, 2.05) is 5.32 Å². The molecule has 6 nitrogen and oxygen atoms in total. The highest BCUT2D eigenvalue weighted by Crippen LogP contribution is 1.94. The number of rotatable bonds is 5. The van der Waals surface area contributed by atoms with Crippen LogP contribution in [0.2, 0.25) is 0 Å². The van der Waals surface area contributed by atoms with Crippen molar-refractivity contribution < 1.29 is 14.3 Å². The van der Waals surface area contributed by atoms with E-state index in [9.17, 15) is 9.59 Å². The predicted octanol–water partition coefficient (Wildman–Crippen LogP) is -1.06. The van der Waals surface area contributed by atoms with Gasteiger partial charge in [0.05, 0.1) is 6.04 Å². The first kappa shape index (κ1) is 11.9. The largest absolute Gasteiger partial charge is 0.385 e. The average Bonchev–Trinajstić information content (AvgIpc) is 2.03. The van der Waals surface area contributed by atoms with Gasteiger partial charge >= 0.3 is 6.03 Å². The fourth-order valence-corrected chi connectivity index (χ4v) is 0.793. The maximum Gasteiger partial charge on any atom is 0.318 e. The molecule has 0 aromatic heterocycles. The third-order valence-corrected chi connectivity index (χ3v) is 1.45. The molecule has 0 heterocycles. The number of carbonyl (C=O) groups excluding carboxylic acids is 2. The van der Waals surface area contributed by atoms with Gasteiger partial charge in [0.25, 0.3) is 0 Å². The average molecular weight is 189 g/mol. The van der Waals surface area contributed by atoms with Crippen molar-refractivity contribution in [3.8, 4) is 0 Å². The number of methoxy groups -OCH3 is 1. The van der Waals surface area contributed by atoms with E-state index in [1.54, 1.807) is 7.11 Å². The molecule has 1 atom stereocenters. The van der Waals surface area contributed by atoms with Gasteiger partial charge in [-0.2, -0.15) is 0 Å². The summed E-state index contributed by atoms with van der Waals surface area (Å²) in [4.78, 5) is 21.2. The van der Waals surface area contributed by atoms with E-state index in [0.29, 0.717) is 19.4 Å². The number of nitrogens with one attached hydrogen (secondary N) is 1. The summed E-state index contributed by atoms with van der Waals surface area (Å²) >= 11 is 0. The summed E-state index contributed by atoms with van der Waals surface area (Å²) in [5.41, 5.74) is 10.2. The number of imide groups is 1. The fraction of sp³-hybridized carbons (Fsp3) is 0.714. The lowest BCUT2D eigenvalue weighted by Crippen LogP contribution is -2.45. The van der Waals surface area contributed by atoms with Gasteiger partial charge < -0.3 is 16.2 Å². The van der Waals surface area contributed by atoms with Gasteiger partial charge in [0.1, 0.15) is 0 Å². The first-order valence-electron chi connectivity index (χ1n) is 3.92. The lowest BCUT2D eigenvalue weighted by molar-refractivity contribution is -0.121. The summed E-state index contributed by atoms with van der Waals surface area (Å²) in [7, 11) is 1.56. The maximum absolute atomic E-state index is 11.0. The van der Waals surface area contributed by atoms with Crippen LogP contribution in [0.15, 0.2) is 0 Å². The van der Waals surface area contributed by atoms with Crippen molar-refractivity contribution in [2.45, 2.75) is 18.9 Å². The van der Waals surface area contributed by atoms with Crippen molar-refractivity contribution in [2.75, 3.05) is 13.7 Å². The Morgan fingerprint density at radius 1 is 1.54 bits per heavy atom. The van der Waals surface area contributed by atoms with Crippen molar-refractivity contribution >= 4 is 11.9 Å². The lowest BCUT2D eigenvalue weighted by Gasteiger charge is -2.09. The van der Waals surface area contributed by atoms with E-state index in [0.717, 1.165) is 0 Å². The topological polar surface area (TPSA) is 107 Å². The Labute approximate surface area is 76.6 Å². The SMILES string of the molecule is COCCCC(N)C(=O)NC(N)=O. The van der Waals surface area contributed by atoms with Crippen LogP contribution in [-0.4, -0.2) is 31.7 Å². The molecule has 0 saturated carbocycles. The third kappa shape index (κ3) is 6.06. The molecule has 6 heteroatoms. The minimum Gasteiger partial charge on any atom is -0.385 e. The quantitative estimate of drug-likeness (QED) is 0.479. The summed E-state index contributed by atoms with van der Waals surface area (Å²) in [6, 6.07) is -1.59. The molecule has 13 heavy (non-hydrogen) atoms. The molecule has 0 spiro atoms. The van der Waals surface area contributed by atoms with Crippen molar-refractivity contribution in [1.29, 1.82) is 0 Å². The van der Waals surface area contributed by atoms with E-state index in [4.69, 9.17) is 16.2 Å². The van der Waals surface area contributed by atoms with E-state index < -0.39 is 18.0 Å². The van der Waals surface area contributed by atoms with Crippen LogP contribution in [-0.2, 0) is 9.53 Å². The summed E-state index contributed by atoms with van der Waals surface area (Å²) in [5, 5.41) is 1.90. The lowest BCUT2D eigenvalue weighted by atomic mass is 10.1. The molecule has 0 aromatic rings.